The maximum atomic E-state index is 14.6. The van der Waals surface area contributed by atoms with Crippen molar-refractivity contribution in [3.05, 3.63) is 119 Å². The van der Waals surface area contributed by atoms with Crippen LogP contribution in [0.3, 0.4) is 0 Å². The Morgan fingerprint density at radius 3 is 2.25 bits per heavy atom. The van der Waals surface area contributed by atoms with Gasteiger partial charge in [-0.25, -0.2) is 9.29 Å². The minimum atomic E-state index is -1.44. The average Bonchev–Trinajstić information content (AvgIpc) is 3.50. The van der Waals surface area contributed by atoms with Crippen molar-refractivity contribution < 1.29 is 33.4 Å². The highest BCUT2D eigenvalue weighted by molar-refractivity contribution is 6.32. The van der Waals surface area contributed by atoms with E-state index in [1.54, 1.807) is 43.3 Å². The number of rotatable bonds is 6. The zero-order chi connectivity index (χ0) is 35.8. The Labute approximate surface area is 298 Å². The van der Waals surface area contributed by atoms with Crippen LogP contribution in [-0.2, 0) is 19.2 Å². The number of phenols is 1. The molecule has 6 unspecified atom stereocenters. The van der Waals surface area contributed by atoms with Gasteiger partial charge in [-0.15, -0.1) is 0 Å². The van der Waals surface area contributed by atoms with E-state index in [1.165, 1.54) is 30.2 Å². The molecule has 0 aromatic heterocycles. The highest BCUT2D eigenvalue weighted by atomic mass is 35.5. The quantitative estimate of drug-likeness (QED) is 0.159. The van der Waals surface area contributed by atoms with Crippen molar-refractivity contribution >= 4 is 58.0 Å². The number of benzene rings is 4. The Bertz CT molecular complexity index is 2160. The number of carbonyl (C=O) groups excluding carboxylic acids is 4. The minimum absolute atomic E-state index is 0.110. The fourth-order valence-electron chi connectivity index (χ4n) is 8.83. The van der Waals surface area contributed by atoms with Gasteiger partial charge in [-0.2, -0.15) is 0 Å². The molecule has 0 bridgehead atoms. The lowest BCUT2D eigenvalue weighted by Gasteiger charge is -2.49. The van der Waals surface area contributed by atoms with E-state index in [2.05, 4.69) is 5.32 Å². The number of nitrogens with zero attached hydrogens (tertiary/aromatic N) is 2. The first-order valence-corrected chi connectivity index (χ1v) is 17.1. The molecule has 0 radical (unpaired) electrons. The lowest BCUT2D eigenvalue weighted by atomic mass is 9.51. The van der Waals surface area contributed by atoms with Crippen LogP contribution in [0.2, 0.25) is 5.02 Å². The molecule has 0 spiro atoms. The van der Waals surface area contributed by atoms with E-state index in [-0.39, 0.29) is 41.1 Å². The number of nitrogens with one attached hydrogen (secondary N) is 1. The van der Waals surface area contributed by atoms with Crippen molar-refractivity contribution in [2.75, 3.05) is 22.2 Å². The number of hydrogen-bond donors (Lipinski definition) is 2. The van der Waals surface area contributed by atoms with Gasteiger partial charge in [-0.05, 0) is 92.4 Å². The number of carbonyl (C=O) groups is 4. The second-order valence-corrected chi connectivity index (χ2v) is 14.1. The Morgan fingerprint density at radius 2 is 1.55 bits per heavy atom. The molecule has 1 saturated carbocycles. The van der Waals surface area contributed by atoms with Gasteiger partial charge >= 0.3 is 0 Å². The number of phenolic OH excluding ortho intramolecular Hbond substituents is 1. The van der Waals surface area contributed by atoms with Crippen molar-refractivity contribution in [2.45, 2.75) is 25.7 Å². The number of aromatic hydroxyl groups is 1. The van der Waals surface area contributed by atoms with Gasteiger partial charge in [0.1, 0.15) is 17.3 Å². The normalized spacial score (nSPS) is 26.8. The highest BCUT2D eigenvalue weighted by Crippen LogP contribution is 2.65. The van der Waals surface area contributed by atoms with E-state index in [9.17, 15) is 28.7 Å². The predicted molar refractivity (Wildman–Crippen MR) is 189 cm³/mol. The topological polar surface area (TPSA) is 116 Å². The number of methoxy groups -OCH3 is 1. The van der Waals surface area contributed by atoms with Crippen LogP contribution in [-0.4, -0.2) is 35.8 Å². The molecule has 51 heavy (non-hydrogen) atoms. The summed E-state index contributed by atoms with van der Waals surface area (Å²) in [6, 6.07) is 25.1. The van der Waals surface area contributed by atoms with Gasteiger partial charge in [0, 0.05) is 22.9 Å². The molecule has 4 aromatic rings. The Balaban J connectivity index is 1.20. The first-order valence-electron chi connectivity index (χ1n) is 16.7. The maximum absolute atomic E-state index is 14.6. The summed E-state index contributed by atoms with van der Waals surface area (Å²) in [7, 11) is 1.45. The third kappa shape index (κ3) is 4.87. The summed E-state index contributed by atoms with van der Waals surface area (Å²) in [5.74, 6) is -6.23. The summed E-state index contributed by atoms with van der Waals surface area (Å²) in [5, 5.41) is 14.4. The van der Waals surface area contributed by atoms with Crippen molar-refractivity contribution in [3.63, 3.8) is 0 Å². The summed E-state index contributed by atoms with van der Waals surface area (Å²) in [6.07, 6.45) is 2.25. The van der Waals surface area contributed by atoms with Crippen LogP contribution in [0.5, 0.6) is 11.5 Å². The van der Waals surface area contributed by atoms with Gasteiger partial charge in [0.2, 0.25) is 23.6 Å². The van der Waals surface area contributed by atoms with Gasteiger partial charge in [0.15, 0.2) is 0 Å². The van der Waals surface area contributed by atoms with Gasteiger partial charge in [0.25, 0.3) is 0 Å². The smallest absolute Gasteiger partial charge is 0.241 e. The molecule has 3 fully saturated rings. The Kier molecular flexibility index (Phi) is 7.75. The maximum Gasteiger partial charge on any atom is 0.241 e. The van der Waals surface area contributed by atoms with Gasteiger partial charge < -0.3 is 15.2 Å². The zero-order valence-corrected chi connectivity index (χ0v) is 28.4. The molecule has 8 rings (SSSR count). The van der Waals surface area contributed by atoms with E-state index in [0.717, 1.165) is 22.3 Å². The van der Waals surface area contributed by atoms with Crippen LogP contribution in [0, 0.1) is 34.9 Å². The molecule has 2 aliphatic heterocycles. The Hall–Kier alpha value is -5.48. The predicted octanol–water partition coefficient (Wildman–Crippen LogP) is 7.37. The second-order valence-electron chi connectivity index (χ2n) is 13.7. The van der Waals surface area contributed by atoms with Crippen molar-refractivity contribution in [3.8, 4) is 11.5 Å². The molecule has 4 aliphatic rings. The van der Waals surface area contributed by atoms with Crippen LogP contribution in [0.25, 0.3) is 0 Å². The highest BCUT2D eigenvalue weighted by Gasteiger charge is 2.68. The van der Waals surface area contributed by atoms with Crippen LogP contribution in [0.1, 0.15) is 31.2 Å². The number of para-hydroxylation sites is 1. The first-order chi connectivity index (χ1) is 24.5. The van der Waals surface area contributed by atoms with Crippen molar-refractivity contribution in [1.82, 2.24) is 0 Å². The molecule has 258 valence electrons. The van der Waals surface area contributed by atoms with E-state index in [4.69, 9.17) is 16.3 Å². The van der Waals surface area contributed by atoms with Crippen LogP contribution >= 0.6 is 11.6 Å². The number of ether oxygens (including phenoxy) is 1. The summed E-state index contributed by atoms with van der Waals surface area (Å²) in [5.41, 5.74) is 1.81. The summed E-state index contributed by atoms with van der Waals surface area (Å²) < 4.78 is 19.9. The SMILES string of the molecule is COc1cccc(O)c1C1C2=CCC3C(=O)N(c4ccc(Nc5ccccc5)cc4)C(=O)C3C2CC2C(=O)N(c3ccc(F)c(Cl)c3)C(=O)C21C. The summed E-state index contributed by atoms with van der Waals surface area (Å²) in [4.78, 5) is 59.8. The van der Waals surface area contributed by atoms with Crippen LogP contribution in [0.15, 0.2) is 103 Å². The van der Waals surface area contributed by atoms with E-state index in [0.29, 0.717) is 22.6 Å². The standard InChI is InChI=1S/C40H33ClFN3O6/c1-40-28(37(48)45(39(40)50)24-15-18-30(42)29(41)19-24)20-27-25(35(40)34-31(46)9-6-10-32(34)51-2)16-17-26-33(27)38(49)44(36(26)47)23-13-11-22(12-14-23)43-21-7-4-3-5-8-21/h3-16,18-19,26-28,33,35,43,46H,17,20H2,1-2H3. The van der Waals surface area contributed by atoms with Crippen molar-refractivity contribution in [1.29, 1.82) is 0 Å². The number of fused-ring (bicyclic) bond motifs is 4. The zero-order valence-electron chi connectivity index (χ0n) is 27.7. The average molecular weight is 706 g/mol. The molecule has 11 heteroatoms. The molecule has 6 atom stereocenters. The largest absolute Gasteiger partial charge is 0.508 e. The fourth-order valence-corrected chi connectivity index (χ4v) is 9.01. The molecular weight excluding hydrogens is 673 g/mol. The molecule has 2 aliphatic carbocycles. The molecule has 2 N–H and O–H groups in total. The fraction of sp³-hybridized carbons (Fsp3) is 0.250. The molecule has 2 saturated heterocycles. The van der Waals surface area contributed by atoms with Crippen molar-refractivity contribution in [2.24, 2.45) is 29.1 Å². The van der Waals surface area contributed by atoms with Gasteiger partial charge in [-0.3, -0.25) is 24.1 Å². The minimum Gasteiger partial charge on any atom is -0.508 e. The summed E-state index contributed by atoms with van der Waals surface area (Å²) in [6.45, 7) is 1.70. The lowest BCUT2D eigenvalue weighted by Crippen LogP contribution is -2.49. The number of hydrogen-bond acceptors (Lipinski definition) is 7. The molecule has 4 amide bonds. The third-order valence-electron chi connectivity index (χ3n) is 11.2. The van der Waals surface area contributed by atoms with Gasteiger partial charge in [0.05, 0.1) is 46.7 Å². The number of anilines is 4. The number of amides is 4. The van der Waals surface area contributed by atoms with E-state index >= 15 is 0 Å². The monoisotopic (exact) mass is 705 g/mol. The number of imide groups is 2. The number of halogens is 2. The first kappa shape index (κ1) is 32.7. The summed E-state index contributed by atoms with van der Waals surface area (Å²) >= 11 is 6.10. The third-order valence-corrected chi connectivity index (χ3v) is 11.5. The second kappa shape index (κ2) is 12.1. The van der Waals surface area contributed by atoms with E-state index in [1.807, 2.05) is 36.4 Å². The van der Waals surface area contributed by atoms with Gasteiger partial charge in [-0.1, -0.05) is 47.5 Å². The van der Waals surface area contributed by atoms with Crippen LogP contribution < -0.4 is 19.9 Å². The molecule has 9 nitrogen and oxygen atoms in total. The lowest BCUT2D eigenvalue weighted by molar-refractivity contribution is -0.131. The van der Waals surface area contributed by atoms with E-state index < -0.39 is 52.6 Å². The molecule has 2 heterocycles. The molecular formula is C40H33ClFN3O6. The number of allylic oxidation sites excluding steroid dienone is 2. The Morgan fingerprint density at radius 1 is 0.843 bits per heavy atom. The molecule has 4 aromatic carbocycles. The van der Waals surface area contributed by atoms with Crippen LogP contribution in [0.4, 0.5) is 27.1 Å².